The van der Waals surface area contributed by atoms with Crippen LogP contribution in [0.5, 0.6) is 0 Å². The van der Waals surface area contributed by atoms with Gasteiger partial charge in [0.25, 0.3) is 0 Å². The van der Waals surface area contributed by atoms with Crippen molar-refractivity contribution in [2.45, 2.75) is 0 Å². The fourth-order valence-corrected chi connectivity index (χ4v) is 2.39. The molecule has 0 fully saturated rings. The van der Waals surface area contributed by atoms with Gasteiger partial charge >= 0.3 is 5.97 Å². The number of carboxylic acid groups (broad SMARTS) is 1. The second kappa shape index (κ2) is 3.42. The summed E-state index contributed by atoms with van der Waals surface area (Å²) in [5.74, 6) is -0.927. The quantitative estimate of drug-likeness (QED) is 0.745. The molecule has 0 aromatic carbocycles. The average molecular weight is 248 g/mol. The van der Waals surface area contributed by atoms with E-state index in [0.29, 0.717) is 4.96 Å². The number of rotatable bonds is 2. The van der Waals surface area contributed by atoms with E-state index in [4.69, 9.17) is 5.11 Å². The molecular formula is C10H8N4O2S. The third-order valence-electron chi connectivity index (χ3n) is 2.37. The first-order valence-corrected chi connectivity index (χ1v) is 5.66. The minimum Gasteiger partial charge on any atom is -0.477 e. The van der Waals surface area contributed by atoms with Crippen molar-refractivity contribution in [3.8, 4) is 11.3 Å². The molecule has 0 aliphatic carbocycles. The SMILES string of the molecule is Cn1cc(-c2cn3cc(C(=O)O)sc3n2)cn1. The van der Waals surface area contributed by atoms with Crippen LogP contribution >= 0.6 is 11.3 Å². The van der Waals surface area contributed by atoms with Gasteiger partial charge in [-0.2, -0.15) is 5.10 Å². The number of hydrogen-bond acceptors (Lipinski definition) is 4. The van der Waals surface area contributed by atoms with Crippen LogP contribution in [0.15, 0.2) is 24.8 Å². The summed E-state index contributed by atoms with van der Waals surface area (Å²) in [4.78, 5) is 16.1. The topological polar surface area (TPSA) is 72.4 Å². The smallest absolute Gasteiger partial charge is 0.347 e. The van der Waals surface area contributed by atoms with Crippen molar-refractivity contribution in [3.05, 3.63) is 29.7 Å². The van der Waals surface area contributed by atoms with E-state index < -0.39 is 5.97 Å². The van der Waals surface area contributed by atoms with Crippen molar-refractivity contribution >= 4 is 22.3 Å². The van der Waals surface area contributed by atoms with Crippen LogP contribution in [0.3, 0.4) is 0 Å². The van der Waals surface area contributed by atoms with Gasteiger partial charge in [0.1, 0.15) is 4.88 Å². The molecule has 0 aliphatic heterocycles. The van der Waals surface area contributed by atoms with E-state index in [1.807, 2.05) is 13.2 Å². The number of carboxylic acids is 1. The Labute approximate surface area is 99.8 Å². The maximum atomic E-state index is 10.8. The first-order chi connectivity index (χ1) is 8.13. The third kappa shape index (κ3) is 1.60. The predicted molar refractivity (Wildman–Crippen MR) is 62.2 cm³/mol. The molecule has 0 aliphatic rings. The summed E-state index contributed by atoms with van der Waals surface area (Å²) in [5.41, 5.74) is 1.71. The van der Waals surface area contributed by atoms with Gasteiger partial charge in [0, 0.05) is 31.2 Å². The zero-order valence-electron chi connectivity index (χ0n) is 8.86. The molecule has 17 heavy (non-hydrogen) atoms. The summed E-state index contributed by atoms with van der Waals surface area (Å²) in [6.07, 6.45) is 6.96. The normalized spacial score (nSPS) is 11.1. The first kappa shape index (κ1) is 10.0. The Hall–Kier alpha value is -2.15. The van der Waals surface area contributed by atoms with E-state index in [0.717, 1.165) is 22.6 Å². The number of carbonyl (C=O) groups is 1. The average Bonchev–Trinajstić information content (AvgIpc) is 2.88. The fourth-order valence-electron chi connectivity index (χ4n) is 1.59. The van der Waals surface area contributed by atoms with Crippen molar-refractivity contribution in [1.29, 1.82) is 0 Å². The summed E-state index contributed by atoms with van der Waals surface area (Å²) in [5, 5.41) is 12.9. The van der Waals surface area contributed by atoms with Crippen LogP contribution in [0, 0.1) is 0 Å². The van der Waals surface area contributed by atoms with Crippen LogP contribution in [0.25, 0.3) is 16.2 Å². The predicted octanol–water partition coefficient (Wildman–Crippen LogP) is 1.49. The molecule has 3 heterocycles. The number of aromatic nitrogens is 4. The fraction of sp³-hybridized carbons (Fsp3) is 0.100. The van der Waals surface area contributed by atoms with E-state index in [2.05, 4.69) is 10.1 Å². The Morgan fingerprint density at radius 2 is 2.24 bits per heavy atom. The third-order valence-corrected chi connectivity index (χ3v) is 3.35. The van der Waals surface area contributed by atoms with E-state index in [1.165, 1.54) is 0 Å². The zero-order valence-corrected chi connectivity index (χ0v) is 9.68. The second-order valence-corrected chi connectivity index (χ2v) is 4.63. The molecular weight excluding hydrogens is 240 g/mol. The molecule has 6 nitrogen and oxygen atoms in total. The number of imidazole rings is 1. The van der Waals surface area contributed by atoms with Crippen LogP contribution in [0.2, 0.25) is 0 Å². The Morgan fingerprint density at radius 3 is 2.82 bits per heavy atom. The second-order valence-electron chi connectivity index (χ2n) is 3.62. The van der Waals surface area contributed by atoms with Crippen molar-refractivity contribution in [2.24, 2.45) is 7.05 Å². The molecule has 0 radical (unpaired) electrons. The first-order valence-electron chi connectivity index (χ1n) is 4.84. The lowest BCUT2D eigenvalue weighted by Gasteiger charge is -1.86. The van der Waals surface area contributed by atoms with Crippen LogP contribution in [0.1, 0.15) is 9.67 Å². The molecule has 3 rings (SSSR count). The van der Waals surface area contributed by atoms with Gasteiger partial charge in [-0.1, -0.05) is 11.3 Å². The standard InChI is InChI=1S/C10H8N4O2S/c1-13-3-6(2-11-13)7-4-14-5-8(9(15)16)17-10(14)12-7/h2-5H,1H3,(H,15,16). The monoisotopic (exact) mass is 248 g/mol. The Kier molecular flexibility index (Phi) is 2.02. The number of aromatic carboxylic acids is 1. The number of aryl methyl sites for hydroxylation is 1. The molecule has 0 atom stereocenters. The Bertz CT molecular complexity index is 677. The maximum Gasteiger partial charge on any atom is 0.347 e. The summed E-state index contributed by atoms with van der Waals surface area (Å²) < 4.78 is 3.42. The van der Waals surface area contributed by atoms with Crippen molar-refractivity contribution in [1.82, 2.24) is 19.2 Å². The number of nitrogens with zero attached hydrogens (tertiary/aromatic N) is 4. The van der Waals surface area contributed by atoms with Crippen LogP contribution in [0.4, 0.5) is 0 Å². The molecule has 7 heteroatoms. The van der Waals surface area contributed by atoms with Gasteiger partial charge < -0.3 is 5.11 Å². The Balaban J connectivity index is 2.09. The van der Waals surface area contributed by atoms with Gasteiger partial charge in [0.2, 0.25) is 0 Å². The highest BCUT2D eigenvalue weighted by Gasteiger charge is 2.12. The molecule has 1 N–H and O–H groups in total. The van der Waals surface area contributed by atoms with Crippen molar-refractivity contribution in [3.63, 3.8) is 0 Å². The number of fused-ring (bicyclic) bond motifs is 1. The van der Waals surface area contributed by atoms with E-state index in [1.54, 1.807) is 27.7 Å². The van der Waals surface area contributed by atoms with Gasteiger partial charge in [-0.15, -0.1) is 0 Å². The van der Waals surface area contributed by atoms with Gasteiger partial charge in [-0.3, -0.25) is 9.08 Å². The van der Waals surface area contributed by atoms with Gasteiger partial charge in [-0.05, 0) is 0 Å². The molecule has 3 aromatic rings. The van der Waals surface area contributed by atoms with Gasteiger partial charge in [-0.25, -0.2) is 9.78 Å². The van der Waals surface area contributed by atoms with Crippen molar-refractivity contribution < 1.29 is 9.90 Å². The highest BCUT2D eigenvalue weighted by atomic mass is 32.1. The summed E-state index contributed by atoms with van der Waals surface area (Å²) in [6, 6.07) is 0. The molecule has 0 spiro atoms. The molecule has 0 saturated heterocycles. The number of thiazole rings is 1. The molecule has 0 amide bonds. The molecule has 86 valence electrons. The van der Waals surface area contributed by atoms with Gasteiger partial charge in [0.05, 0.1) is 11.9 Å². The summed E-state index contributed by atoms with van der Waals surface area (Å²) >= 11 is 1.15. The van der Waals surface area contributed by atoms with E-state index in [-0.39, 0.29) is 4.88 Å². The van der Waals surface area contributed by atoms with Crippen LogP contribution in [-0.4, -0.2) is 30.2 Å². The summed E-state index contributed by atoms with van der Waals surface area (Å²) in [6.45, 7) is 0. The lowest BCUT2D eigenvalue weighted by atomic mass is 10.3. The molecule has 0 saturated carbocycles. The largest absolute Gasteiger partial charge is 0.477 e. The highest BCUT2D eigenvalue weighted by molar-refractivity contribution is 7.18. The molecule has 0 bridgehead atoms. The highest BCUT2D eigenvalue weighted by Crippen LogP contribution is 2.23. The van der Waals surface area contributed by atoms with E-state index in [9.17, 15) is 4.79 Å². The maximum absolute atomic E-state index is 10.8. The van der Waals surface area contributed by atoms with E-state index >= 15 is 0 Å². The number of hydrogen-bond donors (Lipinski definition) is 1. The lowest BCUT2D eigenvalue weighted by Crippen LogP contribution is -1.90. The molecule has 3 aromatic heterocycles. The van der Waals surface area contributed by atoms with Crippen molar-refractivity contribution in [2.75, 3.05) is 0 Å². The summed E-state index contributed by atoms with van der Waals surface area (Å²) in [7, 11) is 1.84. The molecule has 0 unspecified atom stereocenters. The van der Waals surface area contributed by atoms with Crippen LogP contribution in [-0.2, 0) is 7.05 Å². The minimum absolute atomic E-state index is 0.283. The Morgan fingerprint density at radius 1 is 1.41 bits per heavy atom. The minimum atomic E-state index is -0.927. The zero-order chi connectivity index (χ0) is 12.0. The lowest BCUT2D eigenvalue weighted by molar-refractivity contribution is 0.0702. The van der Waals surface area contributed by atoms with Gasteiger partial charge in [0.15, 0.2) is 4.96 Å². The van der Waals surface area contributed by atoms with Crippen LogP contribution < -0.4 is 0 Å².